The number of fused-ring (bicyclic) bond motifs is 2. The Bertz CT molecular complexity index is 568. The second-order valence-corrected chi connectivity index (χ2v) is 3.46. The zero-order chi connectivity index (χ0) is 10.3. The second kappa shape index (κ2) is 2.95. The molecular formula is C11H9N3O. The van der Waals surface area contributed by atoms with Crippen LogP contribution in [0.25, 0.3) is 10.9 Å². The van der Waals surface area contributed by atoms with Crippen molar-refractivity contribution in [1.29, 1.82) is 0 Å². The van der Waals surface area contributed by atoms with Gasteiger partial charge in [-0.2, -0.15) is 0 Å². The molecule has 2 heterocycles. The third-order valence-corrected chi connectivity index (χ3v) is 2.50. The summed E-state index contributed by atoms with van der Waals surface area (Å²) < 4.78 is 0. The minimum Gasteiger partial charge on any atom is -0.361 e. The Balaban J connectivity index is 2.33. The largest absolute Gasteiger partial charge is 0.361 e. The number of nitrogens with one attached hydrogen (secondary N) is 2. The van der Waals surface area contributed by atoms with Crippen molar-refractivity contribution in [3.8, 4) is 0 Å². The van der Waals surface area contributed by atoms with Crippen LogP contribution in [-0.4, -0.2) is 23.7 Å². The first-order valence-corrected chi connectivity index (χ1v) is 4.76. The lowest BCUT2D eigenvalue weighted by Gasteiger charge is -2.02. The molecule has 0 unspecified atom stereocenters. The maximum atomic E-state index is 11.7. The topological polar surface area (TPSA) is 57.2 Å². The average Bonchev–Trinajstić information content (AvgIpc) is 2.62. The molecule has 1 aromatic heterocycles. The number of aliphatic imine (C=N–C) groups is 1. The van der Waals surface area contributed by atoms with Gasteiger partial charge in [0.05, 0.1) is 17.8 Å². The van der Waals surface area contributed by atoms with E-state index in [0.29, 0.717) is 12.1 Å². The molecule has 0 fully saturated rings. The molecule has 2 aromatic rings. The Morgan fingerprint density at radius 1 is 1.33 bits per heavy atom. The van der Waals surface area contributed by atoms with E-state index in [4.69, 9.17) is 0 Å². The van der Waals surface area contributed by atoms with Gasteiger partial charge in [-0.15, -0.1) is 0 Å². The number of hydrogen-bond donors (Lipinski definition) is 2. The van der Waals surface area contributed by atoms with Gasteiger partial charge >= 0.3 is 0 Å². The zero-order valence-corrected chi connectivity index (χ0v) is 7.95. The van der Waals surface area contributed by atoms with Gasteiger partial charge in [0.2, 0.25) is 0 Å². The van der Waals surface area contributed by atoms with Crippen molar-refractivity contribution in [3.63, 3.8) is 0 Å². The van der Waals surface area contributed by atoms with E-state index in [1.165, 1.54) is 0 Å². The summed E-state index contributed by atoms with van der Waals surface area (Å²) in [5.41, 5.74) is 2.32. The van der Waals surface area contributed by atoms with E-state index in [0.717, 1.165) is 16.6 Å². The van der Waals surface area contributed by atoms with Crippen molar-refractivity contribution in [2.24, 2.45) is 4.99 Å². The van der Waals surface area contributed by atoms with Crippen LogP contribution in [-0.2, 0) is 0 Å². The normalized spacial score (nSPS) is 14.8. The Labute approximate surface area is 86.0 Å². The van der Waals surface area contributed by atoms with Gasteiger partial charge in [-0.25, -0.2) is 0 Å². The number of carbonyl (C=O) groups excluding carboxylic acids is 1. The molecule has 3 rings (SSSR count). The number of nitrogens with zero attached hydrogens (tertiary/aromatic N) is 1. The number of aromatic amines is 1. The molecule has 0 saturated heterocycles. The molecule has 0 spiro atoms. The van der Waals surface area contributed by atoms with Gasteiger partial charge in [-0.1, -0.05) is 0 Å². The fraction of sp³-hybridized carbons (Fsp3) is 0.0909. The van der Waals surface area contributed by atoms with Crippen molar-refractivity contribution in [1.82, 2.24) is 10.3 Å². The predicted molar refractivity (Wildman–Crippen MR) is 58.8 cm³/mol. The fourth-order valence-corrected chi connectivity index (χ4v) is 1.75. The fourth-order valence-electron chi connectivity index (χ4n) is 1.75. The molecule has 4 heteroatoms. The summed E-state index contributed by atoms with van der Waals surface area (Å²) in [6, 6.07) is 5.72. The lowest BCUT2D eigenvalue weighted by molar-refractivity contribution is 0.0961. The van der Waals surface area contributed by atoms with Crippen LogP contribution in [0.3, 0.4) is 0 Å². The van der Waals surface area contributed by atoms with Crippen LogP contribution in [0.2, 0.25) is 0 Å². The Kier molecular flexibility index (Phi) is 1.62. The second-order valence-electron chi connectivity index (χ2n) is 3.46. The van der Waals surface area contributed by atoms with Crippen LogP contribution in [0.5, 0.6) is 0 Å². The van der Waals surface area contributed by atoms with Gasteiger partial charge in [-0.05, 0) is 18.2 Å². The molecule has 4 nitrogen and oxygen atoms in total. The highest BCUT2D eigenvalue weighted by Crippen LogP contribution is 2.26. The van der Waals surface area contributed by atoms with Crippen molar-refractivity contribution < 1.29 is 4.79 Å². The molecule has 0 aliphatic carbocycles. The highest BCUT2D eigenvalue weighted by Gasteiger charge is 2.14. The monoisotopic (exact) mass is 199 g/mol. The number of carbonyl (C=O) groups is 1. The van der Waals surface area contributed by atoms with Crippen molar-refractivity contribution >= 4 is 28.7 Å². The summed E-state index contributed by atoms with van der Waals surface area (Å²) in [7, 11) is 0. The number of hydrogen-bond acceptors (Lipinski definition) is 2. The van der Waals surface area contributed by atoms with E-state index in [9.17, 15) is 4.79 Å². The minimum atomic E-state index is -0.0704. The van der Waals surface area contributed by atoms with Gasteiger partial charge in [0, 0.05) is 23.3 Å². The smallest absolute Gasteiger partial charge is 0.253 e. The Hall–Kier alpha value is -2.10. The van der Waals surface area contributed by atoms with Crippen molar-refractivity contribution in [2.45, 2.75) is 0 Å². The van der Waals surface area contributed by atoms with Gasteiger partial charge < -0.3 is 10.3 Å². The third kappa shape index (κ3) is 1.22. The summed E-state index contributed by atoms with van der Waals surface area (Å²) in [6.45, 7) is 0.488. The maximum Gasteiger partial charge on any atom is 0.253 e. The molecule has 15 heavy (non-hydrogen) atoms. The van der Waals surface area contributed by atoms with Gasteiger partial charge in [0.15, 0.2) is 0 Å². The van der Waals surface area contributed by atoms with Crippen molar-refractivity contribution in [3.05, 3.63) is 30.0 Å². The van der Waals surface area contributed by atoms with E-state index in [2.05, 4.69) is 15.3 Å². The van der Waals surface area contributed by atoms with Gasteiger partial charge in [0.1, 0.15) is 0 Å². The SMILES string of the molecule is O=C1NCC=Nc2cc3cc[nH]c3cc21. The molecule has 0 atom stereocenters. The van der Waals surface area contributed by atoms with Crippen LogP contribution in [0.4, 0.5) is 5.69 Å². The summed E-state index contributed by atoms with van der Waals surface area (Å²) in [6.07, 6.45) is 3.56. The van der Waals surface area contributed by atoms with Crippen LogP contribution < -0.4 is 5.32 Å². The Morgan fingerprint density at radius 3 is 3.20 bits per heavy atom. The molecule has 1 aliphatic heterocycles. The average molecular weight is 199 g/mol. The summed E-state index contributed by atoms with van der Waals surface area (Å²) >= 11 is 0. The molecule has 0 saturated carbocycles. The highest BCUT2D eigenvalue weighted by atomic mass is 16.1. The minimum absolute atomic E-state index is 0.0704. The van der Waals surface area contributed by atoms with E-state index >= 15 is 0 Å². The summed E-state index contributed by atoms with van der Waals surface area (Å²) in [4.78, 5) is 19.0. The van der Waals surface area contributed by atoms with E-state index in [1.54, 1.807) is 6.21 Å². The number of benzene rings is 1. The number of H-pyrrole nitrogens is 1. The lowest BCUT2D eigenvalue weighted by Crippen LogP contribution is -2.23. The molecule has 1 aromatic carbocycles. The molecule has 74 valence electrons. The predicted octanol–water partition coefficient (Wildman–Crippen LogP) is 1.61. The van der Waals surface area contributed by atoms with Crippen LogP contribution >= 0.6 is 0 Å². The highest BCUT2D eigenvalue weighted by molar-refractivity contribution is 6.05. The molecule has 1 amide bonds. The summed E-state index contributed by atoms with van der Waals surface area (Å²) in [5.74, 6) is -0.0704. The first-order valence-electron chi connectivity index (χ1n) is 4.76. The van der Waals surface area contributed by atoms with Crippen molar-refractivity contribution in [2.75, 3.05) is 6.54 Å². The van der Waals surface area contributed by atoms with Gasteiger partial charge in [0.25, 0.3) is 5.91 Å². The number of aromatic nitrogens is 1. The van der Waals surface area contributed by atoms with Crippen LogP contribution in [0.1, 0.15) is 10.4 Å². The number of amides is 1. The van der Waals surface area contributed by atoms with E-state index in [1.807, 2.05) is 24.4 Å². The first-order chi connectivity index (χ1) is 7.34. The molecule has 0 bridgehead atoms. The molecule has 0 radical (unpaired) electrons. The molecule has 1 aliphatic rings. The van der Waals surface area contributed by atoms with E-state index in [-0.39, 0.29) is 5.91 Å². The lowest BCUT2D eigenvalue weighted by atomic mass is 10.1. The zero-order valence-electron chi connectivity index (χ0n) is 7.95. The van der Waals surface area contributed by atoms with Crippen LogP contribution in [0, 0.1) is 0 Å². The summed E-state index contributed by atoms with van der Waals surface area (Å²) in [5, 5.41) is 3.83. The third-order valence-electron chi connectivity index (χ3n) is 2.50. The van der Waals surface area contributed by atoms with E-state index < -0.39 is 0 Å². The molecule has 2 N–H and O–H groups in total. The maximum absolute atomic E-state index is 11.7. The molecular weight excluding hydrogens is 190 g/mol. The number of rotatable bonds is 0. The quantitative estimate of drug-likeness (QED) is 0.665. The van der Waals surface area contributed by atoms with Gasteiger partial charge in [-0.3, -0.25) is 9.79 Å². The standard InChI is InChI=1S/C11H9N3O/c15-11-8-6-9-7(1-2-12-9)5-10(8)13-3-4-14-11/h1-3,5-6,12H,4H2,(H,14,15). The first kappa shape index (κ1) is 8.23. The Morgan fingerprint density at radius 2 is 2.27 bits per heavy atom. The van der Waals surface area contributed by atoms with Crippen LogP contribution in [0.15, 0.2) is 29.4 Å².